The Balaban J connectivity index is 1.28. The van der Waals surface area contributed by atoms with Crippen LogP contribution in [0.3, 0.4) is 0 Å². The summed E-state index contributed by atoms with van der Waals surface area (Å²) in [5, 5.41) is 4.45. The molecular formula is C17H12N6O2S. The summed E-state index contributed by atoms with van der Waals surface area (Å²) in [7, 11) is 0. The highest BCUT2D eigenvalue weighted by Crippen LogP contribution is 2.30. The highest BCUT2D eigenvalue weighted by molar-refractivity contribution is 7.20. The summed E-state index contributed by atoms with van der Waals surface area (Å²) in [6.45, 7) is 1.08. The van der Waals surface area contributed by atoms with E-state index in [2.05, 4.69) is 25.1 Å². The van der Waals surface area contributed by atoms with Crippen molar-refractivity contribution in [3.63, 3.8) is 0 Å². The quantitative estimate of drug-likeness (QED) is 0.550. The van der Waals surface area contributed by atoms with Crippen LogP contribution < -0.4 is 0 Å². The number of nitrogens with zero attached hydrogens (tertiary/aromatic N) is 6. The molecule has 0 bridgehead atoms. The van der Waals surface area contributed by atoms with Crippen LogP contribution in [0.15, 0.2) is 47.4 Å². The molecule has 1 saturated heterocycles. The molecule has 3 aromatic heterocycles. The fraction of sp³-hybridized carbons (Fsp3) is 0.176. The number of fused-ring (bicyclic) bond motifs is 1. The van der Waals surface area contributed by atoms with Crippen molar-refractivity contribution in [2.45, 2.75) is 5.92 Å². The van der Waals surface area contributed by atoms with Crippen LogP contribution in [0.1, 0.15) is 21.6 Å². The van der Waals surface area contributed by atoms with Gasteiger partial charge in [-0.05, 0) is 12.1 Å². The standard InChI is InChI=1S/C17H12N6O2S/c24-17(16-20-11-3-1-2-4-13(11)26-16)23-8-10(9-23)15-21-14(22-25-15)12-7-18-5-6-19-12/h1-7,10H,8-9H2. The van der Waals surface area contributed by atoms with E-state index in [0.29, 0.717) is 35.5 Å². The normalized spacial score (nSPS) is 14.5. The zero-order chi connectivity index (χ0) is 17.5. The van der Waals surface area contributed by atoms with E-state index in [1.807, 2.05) is 24.3 Å². The van der Waals surface area contributed by atoms with Crippen molar-refractivity contribution >= 4 is 27.5 Å². The van der Waals surface area contributed by atoms with Crippen molar-refractivity contribution in [3.05, 3.63) is 53.8 Å². The number of thiazole rings is 1. The van der Waals surface area contributed by atoms with Gasteiger partial charge in [0, 0.05) is 25.5 Å². The molecule has 1 aliphatic heterocycles. The Morgan fingerprint density at radius 3 is 2.88 bits per heavy atom. The van der Waals surface area contributed by atoms with Crippen LogP contribution in [-0.4, -0.2) is 49.0 Å². The zero-order valence-electron chi connectivity index (χ0n) is 13.4. The highest BCUT2D eigenvalue weighted by atomic mass is 32.1. The van der Waals surface area contributed by atoms with Crippen LogP contribution >= 0.6 is 11.3 Å². The average Bonchev–Trinajstić information content (AvgIpc) is 3.28. The van der Waals surface area contributed by atoms with Gasteiger partial charge in [-0.2, -0.15) is 4.98 Å². The van der Waals surface area contributed by atoms with Crippen molar-refractivity contribution in [3.8, 4) is 11.5 Å². The highest BCUT2D eigenvalue weighted by Gasteiger charge is 2.37. The van der Waals surface area contributed by atoms with E-state index in [4.69, 9.17) is 4.52 Å². The molecule has 0 aliphatic carbocycles. The number of hydrogen-bond donors (Lipinski definition) is 0. The molecule has 5 rings (SSSR count). The lowest BCUT2D eigenvalue weighted by Gasteiger charge is -2.36. The Hall–Kier alpha value is -3.20. The molecule has 1 fully saturated rings. The van der Waals surface area contributed by atoms with Crippen LogP contribution in [0.25, 0.3) is 21.7 Å². The predicted molar refractivity (Wildman–Crippen MR) is 93.6 cm³/mol. The van der Waals surface area contributed by atoms with Crippen LogP contribution in [0.5, 0.6) is 0 Å². The van der Waals surface area contributed by atoms with Crippen LogP contribution in [-0.2, 0) is 0 Å². The summed E-state index contributed by atoms with van der Waals surface area (Å²) in [6.07, 6.45) is 4.74. The second-order valence-electron chi connectivity index (χ2n) is 5.94. The van der Waals surface area contributed by atoms with E-state index in [9.17, 15) is 4.79 Å². The van der Waals surface area contributed by atoms with Crippen LogP contribution in [0.2, 0.25) is 0 Å². The summed E-state index contributed by atoms with van der Waals surface area (Å²) in [6, 6.07) is 7.74. The van der Waals surface area contributed by atoms with Crippen molar-refractivity contribution in [1.82, 2.24) is 30.0 Å². The molecule has 1 aromatic carbocycles. The minimum absolute atomic E-state index is 0.0336. The smallest absolute Gasteiger partial charge is 0.282 e. The molecule has 0 unspecified atom stereocenters. The third kappa shape index (κ3) is 2.53. The van der Waals surface area contributed by atoms with E-state index >= 15 is 0 Å². The number of aromatic nitrogens is 5. The Morgan fingerprint density at radius 2 is 2.08 bits per heavy atom. The molecule has 4 aromatic rings. The lowest BCUT2D eigenvalue weighted by molar-refractivity contribution is 0.0569. The summed E-state index contributed by atoms with van der Waals surface area (Å²) in [5.41, 5.74) is 1.41. The van der Waals surface area contributed by atoms with Gasteiger partial charge in [-0.1, -0.05) is 17.3 Å². The van der Waals surface area contributed by atoms with E-state index < -0.39 is 0 Å². The molecular weight excluding hydrogens is 352 g/mol. The van der Waals surface area contributed by atoms with Crippen molar-refractivity contribution < 1.29 is 9.32 Å². The third-order valence-electron chi connectivity index (χ3n) is 4.23. The van der Waals surface area contributed by atoms with Gasteiger partial charge in [0.2, 0.25) is 11.7 Å². The summed E-state index contributed by atoms with van der Waals surface area (Å²) in [5.74, 6) is 0.894. The number of likely N-dealkylation sites (tertiary alicyclic amines) is 1. The molecule has 0 radical (unpaired) electrons. The number of benzene rings is 1. The Kier molecular flexibility index (Phi) is 3.45. The second kappa shape index (κ2) is 5.95. The van der Waals surface area contributed by atoms with E-state index in [1.165, 1.54) is 11.3 Å². The first-order valence-corrected chi connectivity index (χ1v) is 8.84. The van der Waals surface area contributed by atoms with Gasteiger partial charge in [-0.3, -0.25) is 9.78 Å². The molecule has 0 N–H and O–H groups in total. The van der Waals surface area contributed by atoms with Gasteiger partial charge in [-0.15, -0.1) is 11.3 Å². The number of carbonyl (C=O) groups excluding carboxylic acids is 1. The Labute approximate surface area is 151 Å². The van der Waals surface area contributed by atoms with E-state index in [-0.39, 0.29) is 11.8 Å². The number of hydrogen-bond acceptors (Lipinski definition) is 8. The number of amides is 1. The lowest BCUT2D eigenvalue weighted by atomic mass is 10.0. The van der Waals surface area contributed by atoms with Gasteiger partial charge in [0.05, 0.1) is 22.3 Å². The first-order valence-electron chi connectivity index (χ1n) is 8.03. The summed E-state index contributed by atoms with van der Waals surface area (Å²) >= 11 is 1.41. The molecule has 0 saturated carbocycles. The Morgan fingerprint density at radius 1 is 1.19 bits per heavy atom. The molecule has 0 atom stereocenters. The topological polar surface area (TPSA) is 97.9 Å². The Bertz CT molecular complexity index is 1050. The van der Waals surface area contributed by atoms with Crippen molar-refractivity contribution in [1.29, 1.82) is 0 Å². The number of para-hydroxylation sites is 1. The summed E-state index contributed by atoms with van der Waals surface area (Å²) in [4.78, 5) is 31.3. The maximum atomic E-state index is 12.6. The first kappa shape index (κ1) is 15.1. The maximum Gasteiger partial charge on any atom is 0.282 e. The van der Waals surface area contributed by atoms with Gasteiger partial charge in [0.25, 0.3) is 5.91 Å². The maximum absolute atomic E-state index is 12.6. The minimum atomic E-state index is -0.0592. The SMILES string of the molecule is O=C(c1nc2ccccc2s1)N1CC(c2nc(-c3cnccn3)no2)C1. The lowest BCUT2D eigenvalue weighted by Crippen LogP contribution is -2.48. The third-order valence-corrected chi connectivity index (χ3v) is 5.25. The fourth-order valence-corrected chi connectivity index (χ4v) is 3.75. The fourth-order valence-electron chi connectivity index (χ4n) is 2.82. The predicted octanol–water partition coefficient (Wildman–Crippen LogP) is 2.38. The van der Waals surface area contributed by atoms with E-state index in [1.54, 1.807) is 23.5 Å². The monoisotopic (exact) mass is 364 g/mol. The molecule has 1 amide bonds. The minimum Gasteiger partial charge on any atom is -0.338 e. The van der Waals surface area contributed by atoms with Crippen LogP contribution in [0.4, 0.5) is 0 Å². The molecule has 8 nitrogen and oxygen atoms in total. The molecule has 4 heterocycles. The molecule has 1 aliphatic rings. The van der Waals surface area contributed by atoms with Gasteiger partial charge < -0.3 is 9.42 Å². The van der Waals surface area contributed by atoms with Crippen molar-refractivity contribution in [2.24, 2.45) is 0 Å². The van der Waals surface area contributed by atoms with E-state index in [0.717, 1.165) is 10.2 Å². The van der Waals surface area contributed by atoms with Gasteiger partial charge in [0.1, 0.15) is 5.69 Å². The first-order chi connectivity index (χ1) is 12.8. The van der Waals surface area contributed by atoms with Gasteiger partial charge in [0.15, 0.2) is 5.01 Å². The summed E-state index contributed by atoms with van der Waals surface area (Å²) < 4.78 is 6.34. The molecule has 9 heteroatoms. The molecule has 26 heavy (non-hydrogen) atoms. The zero-order valence-corrected chi connectivity index (χ0v) is 14.3. The number of rotatable bonds is 3. The number of carbonyl (C=O) groups is 1. The van der Waals surface area contributed by atoms with Crippen molar-refractivity contribution in [2.75, 3.05) is 13.1 Å². The average molecular weight is 364 g/mol. The molecule has 0 spiro atoms. The largest absolute Gasteiger partial charge is 0.338 e. The van der Waals surface area contributed by atoms with Crippen LogP contribution in [0, 0.1) is 0 Å². The van der Waals surface area contributed by atoms with Gasteiger partial charge in [-0.25, -0.2) is 9.97 Å². The second-order valence-corrected chi connectivity index (χ2v) is 6.97. The molecule has 128 valence electrons. The van der Waals surface area contributed by atoms with Gasteiger partial charge >= 0.3 is 0 Å².